The van der Waals surface area contributed by atoms with Crippen LogP contribution in [0.4, 0.5) is 8.78 Å². The van der Waals surface area contributed by atoms with Gasteiger partial charge in [0.2, 0.25) is 10.0 Å². The lowest BCUT2D eigenvalue weighted by atomic mass is 10.0. The predicted molar refractivity (Wildman–Crippen MR) is 119 cm³/mol. The van der Waals surface area contributed by atoms with Crippen LogP contribution in [0.5, 0.6) is 11.5 Å². The maximum atomic E-state index is 12.9. The van der Waals surface area contributed by atoms with Crippen molar-refractivity contribution in [1.29, 1.82) is 0 Å². The smallest absolute Gasteiger partial charge is 0.387 e. The summed E-state index contributed by atoms with van der Waals surface area (Å²) in [6.45, 7) is 0.250. The largest absolute Gasteiger partial charge is 0.493 e. The van der Waals surface area contributed by atoms with Gasteiger partial charge in [-0.1, -0.05) is 13.0 Å². The van der Waals surface area contributed by atoms with Crippen molar-refractivity contribution in [3.8, 4) is 11.5 Å². The van der Waals surface area contributed by atoms with Gasteiger partial charge in [0.25, 0.3) is 5.91 Å². The molecule has 0 aromatic heterocycles. The van der Waals surface area contributed by atoms with Crippen molar-refractivity contribution in [2.24, 2.45) is 5.92 Å². The number of carbonyl (C=O) groups is 1. The molecule has 1 aliphatic rings. The highest BCUT2D eigenvalue weighted by Gasteiger charge is 2.28. The first-order valence-electron chi connectivity index (χ1n) is 10.6. The van der Waals surface area contributed by atoms with Gasteiger partial charge < -0.3 is 14.4 Å². The topological polar surface area (TPSA) is 76.2 Å². The van der Waals surface area contributed by atoms with Gasteiger partial charge in [0.1, 0.15) is 0 Å². The number of piperidine rings is 1. The van der Waals surface area contributed by atoms with Gasteiger partial charge in [0, 0.05) is 32.2 Å². The Morgan fingerprint density at radius 2 is 1.88 bits per heavy atom. The molecule has 2 aromatic carbocycles. The lowest BCUT2D eigenvalue weighted by Crippen LogP contribution is -2.39. The molecule has 1 fully saturated rings. The summed E-state index contributed by atoms with van der Waals surface area (Å²) in [5, 5.41) is 0. The quantitative estimate of drug-likeness (QED) is 0.569. The van der Waals surface area contributed by atoms with Crippen LogP contribution < -0.4 is 9.47 Å². The average molecular weight is 483 g/mol. The molecule has 0 N–H and O–H groups in total. The van der Waals surface area contributed by atoms with Crippen LogP contribution >= 0.6 is 0 Å². The van der Waals surface area contributed by atoms with E-state index in [9.17, 15) is 22.0 Å². The number of nitrogens with zero attached hydrogens (tertiary/aromatic N) is 2. The van der Waals surface area contributed by atoms with Crippen molar-refractivity contribution in [3.63, 3.8) is 0 Å². The van der Waals surface area contributed by atoms with Gasteiger partial charge in [-0.15, -0.1) is 0 Å². The number of ether oxygens (including phenoxy) is 2. The fourth-order valence-electron chi connectivity index (χ4n) is 3.85. The normalized spacial score (nSPS) is 17.1. The van der Waals surface area contributed by atoms with Crippen LogP contribution in [-0.2, 0) is 16.6 Å². The lowest BCUT2D eigenvalue weighted by Gasteiger charge is -2.30. The van der Waals surface area contributed by atoms with Crippen LogP contribution in [0.1, 0.15) is 35.7 Å². The summed E-state index contributed by atoms with van der Waals surface area (Å²) in [6, 6.07) is 10.4. The minimum Gasteiger partial charge on any atom is -0.493 e. The number of carbonyl (C=O) groups excluding carboxylic acids is 1. The molecule has 33 heavy (non-hydrogen) atoms. The van der Waals surface area contributed by atoms with E-state index in [1.807, 2.05) is 6.92 Å². The van der Waals surface area contributed by atoms with Gasteiger partial charge >= 0.3 is 6.61 Å². The molecule has 0 aliphatic carbocycles. The second kappa shape index (κ2) is 10.5. The number of hydrogen-bond acceptors (Lipinski definition) is 5. The summed E-state index contributed by atoms with van der Waals surface area (Å²) in [5.74, 6) is 0.0513. The lowest BCUT2D eigenvalue weighted by molar-refractivity contribution is -0.0512. The molecule has 1 atom stereocenters. The molecule has 180 valence electrons. The average Bonchev–Trinajstić information content (AvgIpc) is 2.79. The van der Waals surface area contributed by atoms with Gasteiger partial charge in [-0.3, -0.25) is 4.79 Å². The third kappa shape index (κ3) is 6.00. The van der Waals surface area contributed by atoms with E-state index in [2.05, 4.69) is 4.74 Å². The Kier molecular flexibility index (Phi) is 7.91. The van der Waals surface area contributed by atoms with Crippen molar-refractivity contribution in [2.75, 3.05) is 27.2 Å². The molecule has 0 spiro atoms. The van der Waals surface area contributed by atoms with Crippen LogP contribution in [0.3, 0.4) is 0 Å². The Morgan fingerprint density at radius 1 is 1.18 bits per heavy atom. The fourth-order valence-corrected chi connectivity index (χ4v) is 5.45. The number of hydrogen-bond donors (Lipinski definition) is 0. The Balaban J connectivity index is 1.70. The summed E-state index contributed by atoms with van der Waals surface area (Å²) in [6.07, 6.45) is 1.85. The van der Waals surface area contributed by atoms with Crippen LogP contribution in [0.2, 0.25) is 0 Å². The summed E-state index contributed by atoms with van der Waals surface area (Å²) in [7, 11) is -0.662. The van der Waals surface area contributed by atoms with Crippen molar-refractivity contribution in [3.05, 3.63) is 53.6 Å². The first kappa shape index (κ1) is 24.9. The van der Waals surface area contributed by atoms with E-state index in [1.54, 1.807) is 13.1 Å². The Morgan fingerprint density at radius 3 is 2.48 bits per heavy atom. The summed E-state index contributed by atoms with van der Waals surface area (Å²) in [5.41, 5.74) is 0.996. The van der Waals surface area contributed by atoms with Gasteiger partial charge in [-0.2, -0.15) is 13.1 Å². The maximum Gasteiger partial charge on any atom is 0.387 e. The molecule has 0 radical (unpaired) electrons. The monoisotopic (exact) mass is 482 g/mol. The zero-order valence-electron chi connectivity index (χ0n) is 18.8. The molecule has 0 bridgehead atoms. The number of rotatable bonds is 8. The number of benzene rings is 2. The molecule has 1 amide bonds. The number of sulfonamides is 1. The Bertz CT molecular complexity index is 1080. The molecule has 7 nitrogen and oxygen atoms in total. The minimum atomic E-state index is -3.60. The standard InChI is InChI=1S/C23H28F2N2O5S/c1-16-5-4-12-27(14-16)33(29,30)19-9-7-18(8-10-19)22(28)26(2)15-17-6-11-20(32-23(24)25)21(13-17)31-3/h6-11,13,16,23H,4-5,12,14-15H2,1-3H3. The van der Waals surface area contributed by atoms with E-state index >= 15 is 0 Å². The Hall–Kier alpha value is -2.72. The minimum absolute atomic E-state index is 0.0925. The molecule has 10 heteroatoms. The van der Waals surface area contributed by atoms with Crippen LogP contribution in [0.15, 0.2) is 47.4 Å². The first-order chi connectivity index (χ1) is 15.6. The van der Waals surface area contributed by atoms with Crippen LogP contribution in [0, 0.1) is 5.92 Å². The molecule has 2 aromatic rings. The molecule has 1 aliphatic heterocycles. The second-order valence-corrected chi connectivity index (χ2v) is 10.1. The SMILES string of the molecule is COc1cc(CN(C)C(=O)c2ccc(S(=O)(=O)N3CCCC(C)C3)cc2)ccc1OC(F)F. The third-order valence-electron chi connectivity index (χ3n) is 5.57. The van der Waals surface area contributed by atoms with E-state index in [0.29, 0.717) is 30.1 Å². The van der Waals surface area contributed by atoms with Gasteiger partial charge in [0.15, 0.2) is 11.5 Å². The fraction of sp³-hybridized carbons (Fsp3) is 0.435. The van der Waals surface area contributed by atoms with E-state index in [1.165, 1.54) is 52.7 Å². The maximum absolute atomic E-state index is 12.9. The zero-order valence-corrected chi connectivity index (χ0v) is 19.6. The van der Waals surface area contributed by atoms with Gasteiger partial charge in [-0.25, -0.2) is 8.42 Å². The van der Waals surface area contributed by atoms with Crippen molar-refractivity contribution >= 4 is 15.9 Å². The van der Waals surface area contributed by atoms with E-state index < -0.39 is 16.6 Å². The molecular formula is C23H28F2N2O5S. The molecular weight excluding hydrogens is 454 g/mol. The summed E-state index contributed by atoms with van der Waals surface area (Å²) in [4.78, 5) is 14.4. The number of halogens is 2. The predicted octanol–water partition coefficient (Wildman–Crippen LogP) is 3.99. The second-order valence-electron chi connectivity index (χ2n) is 8.16. The van der Waals surface area contributed by atoms with Crippen LogP contribution in [-0.4, -0.2) is 57.4 Å². The number of amides is 1. The highest BCUT2D eigenvalue weighted by molar-refractivity contribution is 7.89. The van der Waals surface area contributed by atoms with E-state index in [4.69, 9.17) is 4.74 Å². The zero-order chi connectivity index (χ0) is 24.2. The van der Waals surface area contributed by atoms with Gasteiger partial charge in [-0.05, 0) is 60.7 Å². The van der Waals surface area contributed by atoms with Crippen molar-refractivity contribution in [1.82, 2.24) is 9.21 Å². The molecule has 0 saturated carbocycles. The molecule has 1 unspecified atom stereocenters. The molecule has 1 heterocycles. The summed E-state index contributed by atoms with van der Waals surface area (Å²) < 4.78 is 61.8. The summed E-state index contributed by atoms with van der Waals surface area (Å²) >= 11 is 0. The number of alkyl halides is 2. The van der Waals surface area contributed by atoms with E-state index in [0.717, 1.165) is 12.8 Å². The molecule has 1 saturated heterocycles. The van der Waals surface area contributed by atoms with Crippen molar-refractivity contribution in [2.45, 2.75) is 37.8 Å². The van der Waals surface area contributed by atoms with Crippen LogP contribution in [0.25, 0.3) is 0 Å². The molecule has 3 rings (SSSR count). The highest BCUT2D eigenvalue weighted by atomic mass is 32.2. The van der Waals surface area contributed by atoms with Crippen molar-refractivity contribution < 1.29 is 31.5 Å². The van der Waals surface area contributed by atoms with E-state index in [-0.39, 0.29) is 28.8 Å². The third-order valence-corrected chi connectivity index (χ3v) is 7.45. The number of methoxy groups -OCH3 is 1. The first-order valence-corrected chi connectivity index (χ1v) is 12.0. The highest BCUT2D eigenvalue weighted by Crippen LogP contribution is 2.30. The van der Waals surface area contributed by atoms with Gasteiger partial charge in [0.05, 0.1) is 12.0 Å². The Labute approximate surface area is 192 Å².